The number of nitrogens with zero attached hydrogens (tertiary/aromatic N) is 2. The summed E-state index contributed by atoms with van der Waals surface area (Å²) in [5, 5.41) is 9.42. The number of carboxylic acids is 1. The molecule has 0 radical (unpaired) electrons. The maximum Gasteiger partial charge on any atom is 0.337 e. The Morgan fingerprint density at radius 2 is 1.91 bits per heavy atom. The number of hydrogen-bond acceptors (Lipinski definition) is 3. The van der Waals surface area contributed by atoms with Gasteiger partial charge in [0.25, 0.3) is 0 Å². The van der Waals surface area contributed by atoms with Crippen molar-refractivity contribution in [3.63, 3.8) is 0 Å². The summed E-state index contributed by atoms with van der Waals surface area (Å²) in [6.45, 7) is 4.83. The molecule has 0 unspecified atom stereocenters. The lowest BCUT2D eigenvalue weighted by Crippen LogP contribution is -2.43. The average molecular weight is 338 g/mol. The first-order chi connectivity index (χ1) is 10.8. The third kappa shape index (κ3) is 2.72. The molecule has 2 aliphatic rings. The molecule has 7 heteroatoms. The second kappa shape index (κ2) is 5.79. The highest BCUT2D eigenvalue weighted by Gasteiger charge is 2.45. The Kier molecular flexibility index (Phi) is 4.10. The highest BCUT2D eigenvalue weighted by Crippen LogP contribution is 2.42. The summed E-state index contributed by atoms with van der Waals surface area (Å²) in [6, 6.07) is 4.85. The van der Waals surface area contributed by atoms with Crippen LogP contribution in [0.15, 0.2) is 18.2 Å². The first-order valence-corrected chi connectivity index (χ1v) is 9.36. The second-order valence-electron chi connectivity index (χ2n) is 6.41. The predicted octanol–water partition coefficient (Wildman–Crippen LogP) is 2.11. The topological polar surface area (TPSA) is 77.9 Å². The van der Waals surface area contributed by atoms with Crippen molar-refractivity contribution in [3.05, 3.63) is 29.3 Å². The van der Waals surface area contributed by atoms with Crippen molar-refractivity contribution in [2.24, 2.45) is 11.8 Å². The molecule has 0 spiro atoms. The SMILES string of the molecule is CCN(c1ccc(C)cc1C(=O)O)S(=O)(=O)N1C[C@H]2CC[C@H]2C1. The molecule has 126 valence electrons. The lowest BCUT2D eigenvalue weighted by molar-refractivity contribution is 0.0697. The Balaban J connectivity index is 1.98. The van der Waals surface area contributed by atoms with Crippen molar-refractivity contribution in [1.29, 1.82) is 0 Å². The molecule has 3 rings (SSSR count). The highest BCUT2D eigenvalue weighted by atomic mass is 32.2. The zero-order valence-corrected chi connectivity index (χ0v) is 14.2. The molecule has 1 aromatic rings. The van der Waals surface area contributed by atoms with Crippen LogP contribution < -0.4 is 4.31 Å². The van der Waals surface area contributed by atoms with Gasteiger partial charge in [0.15, 0.2) is 0 Å². The van der Waals surface area contributed by atoms with Gasteiger partial charge in [0, 0.05) is 19.6 Å². The molecule has 0 amide bonds. The number of fused-ring (bicyclic) bond motifs is 1. The van der Waals surface area contributed by atoms with E-state index in [0.717, 1.165) is 18.4 Å². The number of rotatable bonds is 5. The lowest BCUT2D eigenvalue weighted by atomic mass is 9.77. The van der Waals surface area contributed by atoms with Gasteiger partial charge in [-0.1, -0.05) is 11.6 Å². The zero-order chi connectivity index (χ0) is 16.8. The minimum absolute atomic E-state index is 0.0255. The van der Waals surface area contributed by atoms with E-state index in [0.29, 0.717) is 24.9 Å². The van der Waals surface area contributed by atoms with E-state index in [9.17, 15) is 18.3 Å². The van der Waals surface area contributed by atoms with Crippen LogP contribution in [0.4, 0.5) is 5.69 Å². The Morgan fingerprint density at radius 1 is 1.30 bits per heavy atom. The van der Waals surface area contributed by atoms with Gasteiger partial charge in [0.1, 0.15) is 0 Å². The summed E-state index contributed by atoms with van der Waals surface area (Å²) in [5.74, 6) is -0.167. The molecule has 2 fully saturated rings. The van der Waals surface area contributed by atoms with E-state index in [1.165, 1.54) is 14.7 Å². The fourth-order valence-corrected chi connectivity index (χ4v) is 5.31. The predicted molar refractivity (Wildman–Crippen MR) is 87.9 cm³/mol. The van der Waals surface area contributed by atoms with Crippen LogP contribution in [0.1, 0.15) is 35.7 Å². The van der Waals surface area contributed by atoms with Crippen LogP contribution in [0.2, 0.25) is 0 Å². The van der Waals surface area contributed by atoms with E-state index in [1.807, 2.05) is 0 Å². The molecular weight excluding hydrogens is 316 g/mol. The van der Waals surface area contributed by atoms with Gasteiger partial charge < -0.3 is 5.11 Å². The smallest absolute Gasteiger partial charge is 0.337 e. The molecule has 0 aromatic heterocycles. The number of hydrogen-bond donors (Lipinski definition) is 1. The van der Waals surface area contributed by atoms with Crippen molar-refractivity contribution >= 4 is 21.9 Å². The number of anilines is 1. The van der Waals surface area contributed by atoms with Crippen molar-refractivity contribution in [1.82, 2.24) is 4.31 Å². The summed E-state index contributed by atoms with van der Waals surface area (Å²) in [5.41, 5.74) is 1.06. The van der Waals surface area contributed by atoms with Crippen LogP contribution in [0.3, 0.4) is 0 Å². The summed E-state index contributed by atoms with van der Waals surface area (Å²) in [7, 11) is -3.70. The quantitative estimate of drug-likeness (QED) is 0.892. The molecule has 23 heavy (non-hydrogen) atoms. The number of aryl methyl sites for hydroxylation is 1. The van der Waals surface area contributed by atoms with E-state index in [2.05, 4.69) is 0 Å². The van der Waals surface area contributed by atoms with Gasteiger partial charge in [-0.05, 0) is 50.7 Å². The zero-order valence-electron chi connectivity index (χ0n) is 13.4. The van der Waals surface area contributed by atoms with Gasteiger partial charge in [-0.15, -0.1) is 0 Å². The lowest BCUT2D eigenvalue weighted by Gasteiger charge is -2.29. The molecule has 1 aromatic carbocycles. The van der Waals surface area contributed by atoms with Crippen molar-refractivity contribution in [3.8, 4) is 0 Å². The molecule has 1 saturated carbocycles. The maximum absolute atomic E-state index is 13.0. The first-order valence-electron chi connectivity index (χ1n) is 7.96. The number of carbonyl (C=O) groups is 1. The summed E-state index contributed by atoms with van der Waals surface area (Å²) < 4.78 is 28.7. The average Bonchev–Trinajstić information content (AvgIpc) is 2.76. The van der Waals surface area contributed by atoms with E-state index in [4.69, 9.17) is 0 Å². The largest absolute Gasteiger partial charge is 0.478 e. The fraction of sp³-hybridized carbons (Fsp3) is 0.562. The van der Waals surface area contributed by atoms with Gasteiger partial charge in [-0.25, -0.2) is 4.79 Å². The summed E-state index contributed by atoms with van der Waals surface area (Å²) in [4.78, 5) is 11.5. The van der Waals surface area contributed by atoms with Crippen LogP contribution in [0, 0.1) is 18.8 Å². The van der Waals surface area contributed by atoms with Gasteiger partial charge in [-0.2, -0.15) is 12.7 Å². The molecule has 6 nitrogen and oxygen atoms in total. The van der Waals surface area contributed by atoms with E-state index in [-0.39, 0.29) is 17.8 Å². The van der Waals surface area contributed by atoms with Gasteiger partial charge in [0.2, 0.25) is 0 Å². The third-order valence-corrected chi connectivity index (χ3v) is 6.96. The van der Waals surface area contributed by atoms with E-state index >= 15 is 0 Å². The van der Waals surface area contributed by atoms with Crippen molar-refractivity contribution in [2.75, 3.05) is 23.9 Å². The van der Waals surface area contributed by atoms with E-state index < -0.39 is 16.2 Å². The van der Waals surface area contributed by atoms with Crippen LogP contribution >= 0.6 is 0 Å². The Hall–Kier alpha value is -1.60. The standard InChI is InChI=1S/C16H22N2O4S/c1-3-18(15-7-4-11(2)8-14(15)16(19)20)23(21,22)17-9-12-5-6-13(12)10-17/h4,7-8,12-13H,3,5-6,9-10H2,1-2H3,(H,19,20)/t12-,13+. The Bertz CT molecular complexity index is 720. The normalized spacial score (nSPS) is 24.1. The molecule has 0 bridgehead atoms. The Labute approximate surface area is 136 Å². The minimum Gasteiger partial charge on any atom is -0.478 e. The number of carboxylic acid groups (broad SMARTS) is 1. The van der Waals surface area contributed by atoms with Gasteiger partial charge in [-0.3, -0.25) is 4.31 Å². The maximum atomic E-state index is 13.0. The van der Waals surface area contributed by atoms with Crippen molar-refractivity contribution < 1.29 is 18.3 Å². The summed E-state index contributed by atoms with van der Waals surface area (Å²) >= 11 is 0. The van der Waals surface area contributed by atoms with Crippen LogP contribution in [-0.4, -0.2) is 43.4 Å². The molecule has 1 N–H and O–H groups in total. The fourth-order valence-electron chi connectivity index (χ4n) is 3.54. The van der Waals surface area contributed by atoms with E-state index in [1.54, 1.807) is 26.0 Å². The molecular formula is C16H22N2O4S. The molecule has 1 aliphatic heterocycles. The van der Waals surface area contributed by atoms with Crippen molar-refractivity contribution in [2.45, 2.75) is 26.7 Å². The summed E-state index contributed by atoms with van der Waals surface area (Å²) in [6.07, 6.45) is 2.18. The molecule has 2 atom stereocenters. The molecule has 1 heterocycles. The van der Waals surface area contributed by atoms with Crippen LogP contribution in [0.5, 0.6) is 0 Å². The first kappa shape index (κ1) is 16.3. The highest BCUT2D eigenvalue weighted by molar-refractivity contribution is 7.90. The van der Waals surface area contributed by atoms with Gasteiger partial charge >= 0.3 is 16.2 Å². The monoisotopic (exact) mass is 338 g/mol. The third-order valence-electron chi connectivity index (χ3n) is 4.99. The molecule has 1 aliphatic carbocycles. The van der Waals surface area contributed by atoms with Crippen LogP contribution in [0.25, 0.3) is 0 Å². The Morgan fingerprint density at radius 3 is 2.39 bits per heavy atom. The van der Waals surface area contributed by atoms with Gasteiger partial charge in [0.05, 0.1) is 11.3 Å². The minimum atomic E-state index is -3.70. The molecule has 1 saturated heterocycles. The second-order valence-corrected chi connectivity index (χ2v) is 8.27. The number of aromatic carboxylic acids is 1. The van der Waals surface area contributed by atoms with Crippen LogP contribution in [-0.2, 0) is 10.2 Å². The number of benzene rings is 1.